The number of non-ortho nitro benzene ring substituents is 1. The maximum atomic E-state index is 12.7. The quantitative estimate of drug-likeness (QED) is 0.245. The summed E-state index contributed by atoms with van der Waals surface area (Å²) >= 11 is 0. The molecule has 1 unspecified atom stereocenters. The van der Waals surface area contributed by atoms with Crippen LogP contribution in [0.25, 0.3) is 0 Å². The van der Waals surface area contributed by atoms with Crippen molar-refractivity contribution in [1.82, 2.24) is 4.90 Å². The molecule has 0 aliphatic carbocycles. The standard InChI is InChI=1S/C18H26N2O8/c1-12(18(22)23)9-16(10-27-11-28-13(2)26-4)19(3)17(21)14-5-7-15(8-6-14)20(24)25/h5-8,12-13,16H,9-11H2,1-4H3,(H,22,23)/t12-,13?,16-/m0/s1. The van der Waals surface area contributed by atoms with Crippen molar-refractivity contribution in [3.05, 3.63) is 39.9 Å². The summed E-state index contributed by atoms with van der Waals surface area (Å²) in [4.78, 5) is 35.5. The van der Waals surface area contributed by atoms with Gasteiger partial charge in [0.15, 0.2) is 6.29 Å². The van der Waals surface area contributed by atoms with E-state index in [9.17, 15) is 24.8 Å². The van der Waals surface area contributed by atoms with Crippen LogP contribution < -0.4 is 0 Å². The fourth-order valence-electron chi connectivity index (χ4n) is 2.34. The second-order valence-corrected chi connectivity index (χ2v) is 6.31. The number of carbonyl (C=O) groups excluding carboxylic acids is 1. The topological polar surface area (TPSA) is 128 Å². The molecule has 3 atom stereocenters. The molecule has 10 heteroatoms. The van der Waals surface area contributed by atoms with E-state index < -0.39 is 35.0 Å². The normalized spacial score (nSPS) is 14.1. The number of likely N-dealkylation sites (N-methyl/N-ethyl adjacent to an activating group) is 1. The van der Waals surface area contributed by atoms with Crippen molar-refractivity contribution in [2.45, 2.75) is 32.6 Å². The van der Waals surface area contributed by atoms with Crippen molar-refractivity contribution in [2.24, 2.45) is 5.92 Å². The van der Waals surface area contributed by atoms with Crippen LogP contribution in [0, 0.1) is 16.0 Å². The number of rotatable bonds is 12. The fraction of sp³-hybridized carbons (Fsp3) is 0.556. The monoisotopic (exact) mass is 398 g/mol. The summed E-state index contributed by atoms with van der Waals surface area (Å²) in [7, 11) is 3.02. The molecule has 0 heterocycles. The molecule has 0 spiro atoms. The van der Waals surface area contributed by atoms with Crippen LogP contribution in [0.2, 0.25) is 0 Å². The molecule has 1 aromatic rings. The smallest absolute Gasteiger partial charge is 0.306 e. The lowest BCUT2D eigenvalue weighted by molar-refractivity contribution is -0.384. The molecule has 1 amide bonds. The van der Waals surface area contributed by atoms with Gasteiger partial charge in [0.2, 0.25) is 0 Å². The summed E-state index contributed by atoms with van der Waals surface area (Å²) in [5, 5.41) is 19.9. The van der Waals surface area contributed by atoms with Gasteiger partial charge in [-0.3, -0.25) is 19.7 Å². The summed E-state index contributed by atoms with van der Waals surface area (Å²) in [5.41, 5.74) is 0.133. The number of nitro groups is 1. The Morgan fingerprint density at radius 2 is 1.86 bits per heavy atom. The number of hydrogen-bond acceptors (Lipinski definition) is 7. The first-order chi connectivity index (χ1) is 13.2. The zero-order chi connectivity index (χ0) is 21.3. The Morgan fingerprint density at radius 3 is 2.36 bits per heavy atom. The van der Waals surface area contributed by atoms with Crippen LogP contribution in [0.1, 0.15) is 30.6 Å². The Bertz CT molecular complexity index is 664. The van der Waals surface area contributed by atoms with E-state index in [2.05, 4.69) is 0 Å². The Morgan fingerprint density at radius 1 is 1.25 bits per heavy atom. The number of carboxylic acid groups (broad SMARTS) is 1. The maximum Gasteiger partial charge on any atom is 0.306 e. The first-order valence-electron chi connectivity index (χ1n) is 8.63. The van der Waals surface area contributed by atoms with E-state index >= 15 is 0 Å². The van der Waals surface area contributed by atoms with E-state index in [0.717, 1.165) is 0 Å². The van der Waals surface area contributed by atoms with Gasteiger partial charge in [-0.2, -0.15) is 0 Å². The lowest BCUT2D eigenvalue weighted by Gasteiger charge is -2.29. The molecule has 156 valence electrons. The molecular weight excluding hydrogens is 372 g/mol. The van der Waals surface area contributed by atoms with Crippen molar-refractivity contribution in [2.75, 3.05) is 27.6 Å². The summed E-state index contributed by atoms with van der Waals surface area (Å²) in [6.45, 7) is 3.22. The molecule has 0 radical (unpaired) electrons. The number of carboxylic acids is 1. The first-order valence-corrected chi connectivity index (χ1v) is 8.63. The molecule has 0 saturated carbocycles. The van der Waals surface area contributed by atoms with Crippen LogP contribution >= 0.6 is 0 Å². The summed E-state index contributed by atoms with van der Waals surface area (Å²) < 4.78 is 15.6. The van der Waals surface area contributed by atoms with Gasteiger partial charge < -0.3 is 24.2 Å². The van der Waals surface area contributed by atoms with Crippen LogP contribution in [0.5, 0.6) is 0 Å². The van der Waals surface area contributed by atoms with Crippen LogP contribution in [0.15, 0.2) is 24.3 Å². The number of methoxy groups -OCH3 is 1. The van der Waals surface area contributed by atoms with Gasteiger partial charge in [-0.1, -0.05) is 6.92 Å². The van der Waals surface area contributed by atoms with Crippen molar-refractivity contribution in [3.63, 3.8) is 0 Å². The number of nitrogens with zero attached hydrogens (tertiary/aromatic N) is 2. The lowest BCUT2D eigenvalue weighted by Crippen LogP contribution is -2.42. The van der Waals surface area contributed by atoms with Crippen LogP contribution in [-0.2, 0) is 19.0 Å². The predicted molar refractivity (Wildman–Crippen MR) is 98.8 cm³/mol. The lowest BCUT2D eigenvalue weighted by atomic mass is 10.0. The fourth-order valence-corrected chi connectivity index (χ4v) is 2.34. The van der Waals surface area contributed by atoms with Gasteiger partial charge in [0.1, 0.15) is 6.79 Å². The van der Waals surface area contributed by atoms with E-state index in [4.69, 9.17) is 14.2 Å². The molecule has 10 nitrogen and oxygen atoms in total. The molecule has 0 bridgehead atoms. The van der Waals surface area contributed by atoms with E-state index in [1.165, 1.54) is 43.3 Å². The summed E-state index contributed by atoms with van der Waals surface area (Å²) in [5.74, 6) is -2.07. The summed E-state index contributed by atoms with van der Waals surface area (Å²) in [6.07, 6.45) is -0.291. The minimum atomic E-state index is -0.981. The van der Waals surface area contributed by atoms with Crippen molar-refractivity contribution in [3.8, 4) is 0 Å². The molecule has 0 aliphatic rings. The number of carbonyl (C=O) groups is 2. The third kappa shape index (κ3) is 7.22. The van der Waals surface area contributed by atoms with Crippen molar-refractivity contribution in [1.29, 1.82) is 0 Å². The van der Waals surface area contributed by atoms with Crippen LogP contribution in [-0.4, -0.2) is 66.7 Å². The number of nitro benzene ring substituents is 1. The average molecular weight is 398 g/mol. The Kier molecular flexibility index (Phi) is 9.49. The first kappa shape index (κ1) is 23.5. The maximum absolute atomic E-state index is 12.7. The molecule has 1 aromatic carbocycles. The molecule has 0 aliphatic heterocycles. The minimum absolute atomic E-state index is 0.0588. The number of amides is 1. The van der Waals surface area contributed by atoms with E-state index in [-0.39, 0.29) is 31.1 Å². The molecule has 28 heavy (non-hydrogen) atoms. The van der Waals surface area contributed by atoms with E-state index in [1.807, 2.05) is 0 Å². The molecule has 0 aromatic heterocycles. The van der Waals surface area contributed by atoms with Crippen LogP contribution in [0.3, 0.4) is 0 Å². The second-order valence-electron chi connectivity index (χ2n) is 6.31. The highest BCUT2D eigenvalue weighted by atomic mass is 16.7. The third-order valence-corrected chi connectivity index (χ3v) is 4.27. The van der Waals surface area contributed by atoms with Gasteiger partial charge in [0, 0.05) is 31.9 Å². The highest BCUT2D eigenvalue weighted by Crippen LogP contribution is 2.17. The Balaban J connectivity index is 2.82. The number of aliphatic carboxylic acids is 1. The minimum Gasteiger partial charge on any atom is -0.481 e. The number of ether oxygens (including phenoxy) is 3. The molecule has 0 saturated heterocycles. The zero-order valence-corrected chi connectivity index (χ0v) is 16.4. The van der Waals surface area contributed by atoms with Gasteiger partial charge >= 0.3 is 5.97 Å². The third-order valence-electron chi connectivity index (χ3n) is 4.27. The number of hydrogen-bond donors (Lipinski definition) is 1. The number of benzene rings is 1. The highest BCUT2D eigenvalue weighted by molar-refractivity contribution is 5.94. The molecule has 0 fully saturated rings. The van der Waals surface area contributed by atoms with Gasteiger partial charge in [-0.25, -0.2) is 0 Å². The highest BCUT2D eigenvalue weighted by Gasteiger charge is 2.26. The van der Waals surface area contributed by atoms with Gasteiger partial charge in [-0.05, 0) is 25.5 Å². The van der Waals surface area contributed by atoms with Crippen molar-refractivity contribution < 1.29 is 33.8 Å². The Hall–Kier alpha value is -2.56. The second kappa shape index (κ2) is 11.3. The zero-order valence-electron chi connectivity index (χ0n) is 16.4. The largest absolute Gasteiger partial charge is 0.481 e. The van der Waals surface area contributed by atoms with Gasteiger partial charge in [-0.15, -0.1) is 0 Å². The van der Waals surface area contributed by atoms with Crippen LogP contribution in [0.4, 0.5) is 5.69 Å². The predicted octanol–water partition coefficient (Wildman–Crippen LogP) is 2.13. The van der Waals surface area contributed by atoms with Gasteiger partial charge in [0.05, 0.1) is 23.5 Å². The van der Waals surface area contributed by atoms with Crippen molar-refractivity contribution >= 4 is 17.6 Å². The molecular formula is C18H26N2O8. The average Bonchev–Trinajstić information content (AvgIpc) is 2.68. The van der Waals surface area contributed by atoms with E-state index in [1.54, 1.807) is 13.8 Å². The molecule has 1 rings (SSSR count). The molecule has 1 N–H and O–H groups in total. The SMILES string of the molecule is COC(C)OCOC[C@H](C[C@H](C)C(=O)O)N(C)C(=O)c1ccc([N+](=O)[O-])cc1. The van der Waals surface area contributed by atoms with Gasteiger partial charge in [0.25, 0.3) is 11.6 Å². The van der Waals surface area contributed by atoms with E-state index in [0.29, 0.717) is 0 Å². The summed E-state index contributed by atoms with van der Waals surface area (Å²) in [6, 6.07) is 4.67. The Labute approximate surface area is 163 Å².